The third-order valence-electron chi connectivity index (χ3n) is 1.36. The summed E-state index contributed by atoms with van der Waals surface area (Å²) in [5.74, 6) is 0.349. The first kappa shape index (κ1) is 10.3. The van der Waals surface area contributed by atoms with Crippen LogP contribution in [0.4, 0.5) is 0 Å². The van der Waals surface area contributed by atoms with E-state index in [2.05, 4.69) is 6.58 Å². The second-order valence-corrected chi connectivity index (χ2v) is 2.12. The molecule has 0 saturated heterocycles. The second-order valence-electron chi connectivity index (χ2n) is 2.12. The molecule has 0 atom stereocenters. The molecule has 0 spiro atoms. The van der Waals surface area contributed by atoms with Gasteiger partial charge in [-0.15, -0.1) is 6.58 Å². The summed E-state index contributed by atoms with van der Waals surface area (Å²) in [5.41, 5.74) is 0.928. The number of hydrogen-bond donors (Lipinski definition) is 1. The van der Waals surface area contributed by atoms with Gasteiger partial charge in [-0.05, 0) is 18.1 Å². The van der Waals surface area contributed by atoms with Crippen molar-refractivity contribution in [2.24, 2.45) is 0 Å². The van der Waals surface area contributed by atoms with Crippen molar-refractivity contribution in [3.63, 3.8) is 0 Å². The van der Waals surface area contributed by atoms with E-state index in [1.807, 2.05) is 18.2 Å². The summed E-state index contributed by atoms with van der Waals surface area (Å²) in [4.78, 5) is 0. The first-order valence-corrected chi connectivity index (χ1v) is 3.22. The highest BCUT2D eigenvalue weighted by molar-refractivity contribution is 5.75. The van der Waals surface area contributed by atoms with Gasteiger partial charge in [0.05, 0.1) is 0 Å². The lowest BCUT2D eigenvalue weighted by atomic mass is 10.1. The largest absolute Gasteiger partial charge is 0.508 e. The third kappa shape index (κ3) is 2.80. The Bertz CT molecular complexity index is 233. The Morgan fingerprint density at radius 3 is 2.55 bits per heavy atom. The van der Waals surface area contributed by atoms with Gasteiger partial charge in [0.2, 0.25) is 0 Å². The smallest absolute Gasteiger partial charge is 0.187 e. The molecule has 0 aliphatic rings. The molecule has 0 unspecified atom stereocenters. The highest BCUT2D eigenvalue weighted by Gasteiger charge is 1.93. The van der Waals surface area contributed by atoms with Gasteiger partial charge >= 0.3 is 0 Å². The van der Waals surface area contributed by atoms with Gasteiger partial charge < -0.3 is 5.11 Å². The van der Waals surface area contributed by atoms with Crippen molar-refractivity contribution in [1.82, 2.24) is 0 Å². The number of phenols is 1. The molecule has 1 aromatic carbocycles. The molecule has 0 heterocycles. The average molecular weight is 164 g/mol. The molecule has 1 aromatic rings. The minimum absolute atomic E-state index is 0. The number of para-hydroxylation sites is 1. The number of benzene rings is 1. The average Bonchev–Trinajstić information content (AvgIpc) is 1.94. The number of aromatic hydroxyl groups is 1. The predicted octanol–water partition coefficient (Wildman–Crippen LogP) is 0.937. The van der Waals surface area contributed by atoms with Crippen LogP contribution in [0.2, 0.25) is 0 Å². The third-order valence-corrected chi connectivity index (χ3v) is 1.36. The number of phenolic OH excluding ortho intramolecular Hbond substituents is 1. The quantitative estimate of drug-likeness (QED) is 0.509. The summed E-state index contributed by atoms with van der Waals surface area (Å²) in [5, 5.41) is 9.19. The van der Waals surface area contributed by atoms with Crippen molar-refractivity contribution < 1.29 is 5.11 Å². The van der Waals surface area contributed by atoms with Crippen LogP contribution in [0.1, 0.15) is 5.56 Å². The van der Waals surface area contributed by atoms with E-state index in [0.29, 0.717) is 5.75 Å². The molecule has 0 saturated carbocycles. The zero-order valence-electron chi connectivity index (χ0n) is 5.75. The number of hydrogen-bond acceptors (Lipinski definition) is 1. The van der Waals surface area contributed by atoms with E-state index < -0.39 is 0 Å². The maximum Gasteiger partial charge on any atom is 0.187 e. The van der Waals surface area contributed by atoms with Gasteiger partial charge in [-0.1, -0.05) is 24.3 Å². The summed E-state index contributed by atoms with van der Waals surface area (Å²) < 4.78 is 0. The first-order chi connectivity index (χ1) is 4.84. The van der Waals surface area contributed by atoms with E-state index in [4.69, 9.17) is 0 Å². The van der Waals surface area contributed by atoms with Crippen LogP contribution < -0.4 is 0 Å². The molecule has 0 amide bonds. The SMILES string of the molecule is C=CCc1ccccc1O.[AlH3]. The Labute approximate surface area is 77.5 Å². The molecule has 58 valence electrons. The molecule has 2 heteroatoms. The van der Waals surface area contributed by atoms with Crippen molar-refractivity contribution in [1.29, 1.82) is 0 Å². The molecule has 0 bridgehead atoms. The zero-order valence-corrected chi connectivity index (χ0v) is 5.75. The van der Waals surface area contributed by atoms with Crippen LogP contribution in [0.15, 0.2) is 36.9 Å². The van der Waals surface area contributed by atoms with Gasteiger partial charge in [-0.25, -0.2) is 0 Å². The van der Waals surface area contributed by atoms with Gasteiger partial charge in [0.15, 0.2) is 17.4 Å². The van der Waals surface area contributed by atoms with Crippen molar-refractivity contribution in [2.75, 3.05) is 0 Å². The van der Waals surface area contributed by atoms with Crippen LogP contribution >= 0.6 is 0 Å². The van der Waals surface area contributed by atoms with E-state index in [1.165, 1.54) is 0 Å². The lowest BCUT2D eigenvalue weighted by Gasteiger charge is -1.97. The predicted molar refractivity (Wildman–Crippen MR) is 51.9 cm³/mol. The zero-order chi connectivity index (χ0) is 7.40. The van der Waals surface area contributed by atoms with E-state index in [0.717, 1.165) is 12.0 Å². The normalized spacial score (nSPS) is 8.36. The molecular weight excluding hydrogens is 151 g/mol. The molecule has 0 radical (unpaired) electrons. The van der Waals surface area contributed by atoms with Gasteiger partial charge in [-0.2, -0.15) is 0 Å². The molecule has 1 N–H and O–H groups in total. The fourth-order valence-electron chi connectivity index (χ4n) is 0.839. The lowest BCUT2D eigenvalue weighted by molar-refractivity contribution is 0.470. The Balaban J connectivity index is 0.000001000. The topological polar surface area (TPSA) is 20.2 Å². The summed E-state index contributed by atoms with van der Waals surface area (Å²) in [6, 6.07) is 7.27. The molecular formula is C9H13AlO. The van der Waals surface area contributed by atoms with Gasteiger partial charge in [0, 0.05) is 0 Å². The molecule has 1 nitrogen and oxygen atoms in total. The summed E-state index contributed by atoms with van der Waals surface area (Å²) >= 11 is 0. The standard InChI is InChI=1S/C9H10O.Al.3H/c1-2-5-8-6-3-4-7-9(8)10;;;;/h2-4,6-7,10H,1,5H2;;;;. The summed E-state index contributed by atoms with van der Waals surface area (Å²) in [7, 11) is 0. The van der Waals surface area contributed by atoms with Gasteiger partial charge in [0.25, 0.3) is 0 Å². The Kier molecular flexibility index (Phi) is 4.69. The molecule has 11 heavy (non-hydrogen) atoms. The molecule has 1 rings (SSSR count). The Hall–Kier alpha value is -0.708. The van der Waals surface area contributed by atoms with Crippen molar-refractivity contribution in [2.45, 2.75) is 6.42 Å². The number of allylic oxidation sites excluding steroid dienone is 1. The lowest BCUT2D eigenvalue weighted by Crippen LogP contribution is -1.79. The minimum Gasteiger partial charge on any atom is -0.508 e. The molecule has 0 fully saturated rings. The Morgan fingerprint density at radius 1 is 1.36 bits per heavy atom. The molecule has 0 aromatic heterocycles. The van der Waals surface area contributed by atoms with E-state index in [-0.39, 0.29) is 17.4 Å². The Morgan fingerprint density at radius 2 is 2.00 bits per heavy atom. The van der Waals surface area contributed by atoms with Gasteiger partial charge in [-0.3, -0.25) is 0 Å². The van der Waals surface area contributed by atoms with Crippen LogP contribution in [-0.2, 0) is 6.42 Å². The maximum absolute atomic E-state index is 9.19. The van der Waals surface area contributed by atoms with Crippen molar-refractivity contribution in [3.05, 3.63) is 42.5 Å². The summed E-state index contributed by atoms with van der Waals surface area (Å²) in [6.07, 6.45) is 2.50. The van der Waals surface area contributed by atoms with E-state index >= 15 is 0 Å². The van der Waals surface area contributed by atoms with E-state index in [1.54, 1.807) is 12.1 Å². The maximum atomic E-state index is 9.19. The van der Waals surface area contributed by atoms with E-state index in [9.17, 15) is 5.11 Å². The van der Waals surface area contributed by atoms with Crippen LogP contribution in [-0.4, -0.2) is 22.5 Å². The molecule has 0 aliphatic heterocycles. The minimum atomic E-state index is 0. The highest BCUT2D eigenvalue weighted by atomic mass is 27.0. The first-order valence-electron chi connectivity index (χ1n) is 3.22. The number of rotatable bonds is 2. The summed E-state index contributed by atoms with van der Waals surface area (Å²) in [6.45, 7) is 3.59. The van der Waals surface area contributed by atoms with Crippen LogP contribution in [0.25, 0.3) is 0 Å². The van der Waals surface area contributed by atoms with Crippen LogP contribution in [0.5, 0.6) is 5.75 Å². The van der Waals surface area contributed by atoms with Crippen molar-refractivity contribution >= 4 is 17.4 Å². The monoisotopic (exact) mass is 164 g/mol. The van der Waals surface area contributed by atoms with Crippen LogP contribution in [0, 0.1) is 0 Å². The second kappa shape index (κ2) is 5.01. The fraction of sp³-hybridized carbons (Fsp3) is 0.111. The van der Waals surface area contributed by atoms with Crippen molar-refractivity contribution in [3.8, 4) is 5.75 Å². The highest BCUT2D eigenvalue weighted by Crippen LogP contribution is 2.15. The fourth-order valence-corrected chi connectivity index (χ4v) is 0.839. The molecule has 0 aliphatic carbocycles. The van der Waals surface area contributed by atoms with Crippen LogP contribution in [0.3, 0.4) is 0 Å². The van der Waals surface area contributed by atoms with Gasteiger partial charge in [0.1, 0.15) is 5.75 Å².